The van der Waals surface area contributed by atoms with Crippen LogP contribution in [0.1, 0.15) is 71.4 Å². The first-order chi connectivity index (χ1) is 18.5. The monoisotopic (exact) mass is 539 g/mol. The smallest absolute Gasteiger partial charge is 0.250 e. The average molecular weight is 540 g/mol. The summed E-state index contributed by atoms with van der Waals surface area (Å²) in [4.78, 5) is 19.7. The number of amides is 1. The molecule has 1 saturated heterocycles. The van der Waals surface area contributed by atoms with E-state index in [1.165, 1.54) is 0 Å². The number of fused-ring (bicyclic) bond motifs is 1. The van der Waals surface area contributed by atoms with E-state index in [0.29, 0.717) is 32.1 Å². The molecule has 212 valence electrons. The summed E-state index contributed by atoms with van der Waals surface area (Å²) in [5, 5.41) is 33.2. The Morgan fingerprint density at radius 1 is 1.28 bits per heavy atom. The first kappa shape index (κ1) is 27.5. The van der Waals surface area contributed by atoms with Gasteiger partial charge in [0.05, 0.1) is 36.2 Å². The van der Waals surface area contributed by atoms with Crippen LogP contribution in [0.3, 0.4) is 0 Å². The van der Waals surface area contributed by atoms with E-state index in [1.807, 2.05) is 37.7 Å². The number of nitrogens with one attached hydrogen (secondary N) is 1. The van der Waals surface area contributed by atoms with Crippen molar-refractivity contribution < 1.29 is 19.7 Å². The van der Waals surface area contributed by atoms with Gasteiger partial charge < -0.3 is 25.2 Å². The topological polar surface area (TPSA) is 130 Å². The summed E-state index contributed by atoms with van der Waals surface area (Å²) in [6.07, 6.45) is 9.15. The fourth-order valence-electron chi connectivity index (χ4n) is 5.86. The maximum Gasteiger partial charge on any atom is 0.250 e. The average Bonchev–Trinajstić information content (AvgIpc) is 3.61. The number of aliphatic hydroxyl groups is 2. The number of hydrogen-bond acceptors (Lipinski definition) is 8. The first-order valence-corrected chi connectivity index (χ1v) is 13.9. The number of aliphatic hydroxyl groups excluding tert-OH is 1. The van der Waals surface area contributed by atoms with E-state index < -0.39 is 11.1 Å². The number of likely N-dealkylation sites (tertiary alicyclic amines) is 1. The van der Waals surface area contributed by atoms with Crippen LogP contribution in [0.15, 0.2) is 24.7 Å². The number of carbonyl (C=O) groups excluding carboxylic acids is 1. The largest absolute Gasteiger partial charge is 0.393 e. The van der Waals surface area contributed by atoms with E-state index >= 15 is 0 Å². The number of anilines is 1. The lowest BCUT2D eigenvalue weighted by molar-refractivity contribution is -0.139. The molecule has 0 spiro atoms. The third-order valence-electron chi connectivity index (χ3n) is 8.18. The molecular formula is C28H41N7O4. The van der Waals surface area contributed by atoms with Crippen LogP contribution >= 0.6 is 0 Å². The Kier molecular flexibility index (Phi) is 7.43. The summed E-state index contributed by atoms with van der Waals surface area (Å²) >= 11 is 0. The number of ether oxygens (including phenoxy) is 1. The molecule has 1 amide bonds. The van der Waals surface area contributed by atoms with Gasteiger partial charge >= 0.3 is 0 Å². The number of carbonyl (C=O) groups is 1. The van der Waals surface area contributed by atoms with Gasteiger partial charge in [-0.05, 0) is 65.9 Å². The van der Waals surface area contributed by atoms with E-state index in [-0.39, 0.29) is 24.0 Å². The molecule has 1 aliphatic heterocycles. The molecule has 1 saturated carbocycles. The Morgan fingerprint density at radius 2 is 2.03 bits per heavy atom. The Bertz CT molecular complexity index is 1320. The SMILES string of the molecule is COC[C@H](C)Nc1ncc2c(-c3cnn(C(C)(C)C(=O)N4CCC(C)(O)C4)c3)cc([C@H]3CC[C@H](O)CC3)n2n1. The highest BCUT2D eigenvalue weighted by atomic mass is 16.5. The normalized spacial score (nSPS) is 24.8. The molecule has 3 aromatic rings. The van der Waals surface area contributed by atoms with Crippen molar-refractivity contribution >= 4 is 17.4 Å². The van der Waals surface area contributed by atoms with E-state index in [9.17, 15) is 15.0 Å². The molecule has 3 aromatic heterocycles. The summed E-state index contributed by atoms with van der Waals surface area (Å²) in [6.45, 7) is 8.89. The summed E-state index contributed by atoms with van der Waals surface area (Å²) in [6, 6.07) is 2.20. The van der Waals surface area contributed by atoms with Crippen LogP contribution in [-0.4, -0.2) is 90.0 Å². The third kappa shape index (κ3) is 5.53. The van der Waals surface area contributed by atoms with Gasteiger partial charge in [0, 0.05) is 55.2 Å². The van der Waals surface area contributed by atoms with Crippen molar-refractivity contribution in [3.8, 4) is 11.1 Å². The molecule has 39 heavy (non-hydrogen) atoms. The van der Waals surface area contributed by atoms with Crippen molar-refractivity contribution in [3.63, 3.8) is 0 Å². The van der Waals surface area contributed by atoms with Gasteiger partial charge in [0.15, 0.2) is 0 Å². The van der Waals surface area contributed by atoms with E-state index in [0.717, 1.165) is 48.0 Å². The van der Waals surface area contributed by atoms with Crippen LogP contribution in [0.4, 0.5) is 5.95 Å². The lowest BCUT2D eigenvalue weighted by atomic mass is 9.85. The molecule has 4 heterocycles. The number of nitrogens with zero attached hydrogens (tertiary/aromatic N) is 6. The number of aromatic nitrogens is 5. The lowest BCUT2D eigenvalue weighted by Crippen LogP contribution is -2.47. The molecule has 5 rings (SSSR count). The molecular weight excluding hydrogens is 498 g/mol. The standard InChI is InChI=1S/C28H41N7O4/c1-18(16-39-5)31-26-29-14-24-22(12-23(35(24)32-26)19-6-8-21(36)9-7-19)20-13-30-34(15-20)27(2,3)25(37)33-11-10-28(4,38)17-33/h12-15,18-19,21,36,38H,6-11,16-17H2,1-5H3,(H,31,32)/t18-,19-,21-,28?/m0/s1. The number of rotatable bonds is 8. The van der Waals surface area contributed by atoms with Gasteiger partial charge in [-0.25, -0.2) is 9.50 Å². The molecule has 3 N–H and O–H groups in total. The highest BCUT2D eigenvalue weighted by Crippen LogP contribution is 2.38. The predicted octanol–water partition coefficient (Wildman–Crippen LogP) is 2.78. The Hall–Kier alpha value is -3.02. The Labute approximate surface area is 229 Å². The minimum absolute atomic E-state index is 0.0491. The van der Waals surface area contributed by atoms with Gasteiger partial charge in [-0.3, -0.25) is 9.48 Å². The fraction of sp³-hybridized carbons (Fsp3) is 0.643. The summed E-state index contributed by atoms with van der Waals surface area (Å²) in [5.74, 6) is 0.724. The van der Waals surface area contributed by atoms with Gasteiger partial charge in [-0.15, -0.1) is 5.10 Å². The van der Waals surface area contributed by atoms with Crippen LogP contribution in [0, 0.1) is 0 Å². The second kappa shape index (κ2) is 10.5. The Balaban J connectivity index is 1.49. The van der Waals surface area contributed by atoms with E-state index in [1.54, 1.807) is 29.8 Å². The summed E-state index contributed by atoms with van der Waals surface area (Å²) in [7, 11) is 1.67. The van der Waals surface area contributed by atoms with E-state index in [4.69, 9.17) is 9.84 Å². The van der Waals surface area contributed by atoms with Crippen molar-refractivity contribution in [3.05, 3.63) is 30.4 Å². The first-order valence-electron chi connectivity index (χ1n) is 13.9. The number of methoxy groups -OCH3 is 1. The van der Waals surface area contributed by atoms with Crippen molar-refractivity contribution in [2.45, 2.75) is 89.0 Å². The highest BCUT2D eigenvalue weighted by Gasteiger charge is 2.41. The van der Waals surface area contributed by atoms with E-state index in [2.05, 4.69) is 21.5 Å². The van der Waals surface area contributed by atoms with Gasteiger partial charge in [0.2, 0.25) is 11.9 Å². The summed E-state index contributed by atoms with van der Waals surface area (Å²) < 4.78 is 8.92. The molecule has 2 aliphatic rings. The van der Waals surface area contributed by atoms with Crippen LogP contribution in [-0.2, 0) is 15.1 Å². The second-order valence-electron chi connectivity index (χ2n) is 12.1. The molecule has 2 fully saturated rings. The zero-order valence-corrected chi connectivity index (χ0v) is 23.6. The maximum absolute atomic E-state index is 13.4. The highest BCUT2D eigenvalue weighted by molar-refractivity contribution is 5.85. The number of hydrogen-bond donors (Lipinski definition) is 3. The van der Waals surface area contributed by atoms with Crippen molar-refractivity contribution in [2.75, 3.05) is 32.1 Å². The fourth-order valence-corrected chi connectivity index (χ4v) is 5.86. The number of β-amino-alcohol motifs (C(OH)–C–C–N with tert-alkyl or cyclic N) is 1. The van der Waals surface area contributed by atoms with Gasteiger partial charge in [0.1, 0.15) is 5.54 Å². The lowest BCUT2D eigenvalue weighted by Gasteiger charge is -2.30. The minimum atomic E-state index is -0.915. The quantitative estimate of drug-likeness (QED) is 0.399. The predicted molar refractivity (Wildman–Crippen MR) is 148 cm³/mol. The van der Waals surface area contributed by atoms with Crippen molar-refractivity contribution in [1.82, 2.24) is 29.3 Å². The second-order valence-corrected chi connectivity index (χ2v) is 12.1. The molecule has 11 heteroatoms. The van der Waals surface area contributed by atoms with Gasteiger partial charge in [-0.2, -0.15) is 5.10 Å². The molecule has 0 bridgehead atoms. The third-order valence-corrected chi connectivity index (χ3v) is 8.18. The zero-order chi connectivity index (χ0) is 27.9. The minimum Gasteiger partial charge on any atom is -0.393 e. The molecule has 0 radical (unpaired) electrons. The molecule has 2 atom stereocenters. The van der Waals surface area contributed by atoms with Gasteiger partial charge in [0.25, 0.3) is 0 Å². The molecule has 0 aromatic carbocycles. The maximum atomic E-state index is 13.4. The molecule has 1 aliphatic carbocycles. The van der Waals surface area contributed by atoms with Crippen molar-refractivity contribution in [2.24, 2.45) is 0 Å². The molecule has 11 nitrogen and oxygen atoms in total. The molecule has 1 unspecified atom stereocenters. The van der Waals surface area contributed by atoms with Crippen LogP contribution in [0.25, 0.3) is 16.6 Å². The van der Waals surface area contributed by atoms with Crippen LogP contribution in [0.5, 0.6) is 0 Å². The van der Waals surface area contributed by atoms with Crippen LogP contribution in [0.2, 0.25) is 0 Å². The van der Waals surface area contributed by atoms with Gasteiger partial charge in [-0.1, -0.05) is 0 Å². The Morgan fingerprint density at radius 3 is 2.69 bits per heavy atom. The van der Waals surface area contributed by atoms with Crippen molar-refractivity contribution in [1.29, 1.82) is 0 Å². The zero-order valence-electron chi connectivity index (χ0n) is 23.6. The summed E-state index contributed by atoms with van der Waals surface area (Å²) in [5.41, 5.74) is 2.00. The van der Waals surface area contributed by atoms with Crippen LogP contribution < -0.4 is 5.32 Å².